The highest BCUT2D eigenvalue weighted by Gasteiger charge is 2.22. The number of pyridine rings is 1. The number of aromatic nitrogens is 1. The SMILES string of the molecule is CCOc1ccccc1C(=O)Nc1ccc(N2CCN(C(=O)Cc3cccs3)CC2)nc1. The minimum absolute atomic E-state index is 0.172. The molecule has 1 fully saturated rings. The van der Waals surface area contributed by atoms with Gasteiger partial charge in [-0.15, -0.1) is 11.3 Å². The van der Waals surface area contributed by atoms with Gasteiger partial charge in [-0.3, -0.25) is 9.59 Å². The number of carbonyl (C=O) groups is 2. The summed E-state index contributed by atoms with van der Waals surface area (Å²) in [4.78, 5) is 34.8. The van der Waals surface area contributed by atoms with Gasteiger partial charge >= 0.3 is 0 Å². The molecule has 2 aromatic heterocycles. The highest BCUT2D eigenvalue weighted by atomic mass is 32.1. The molecule has 0 atom stereocenters. The van der Waals surface area contributed by atoms with Crippen LogP contribution >= 0.6 is 11.3 Å². The summed E-state index contributed by atoms with van der Waals surface area (Å²) in [7, 11) is 0. The molecule has 8 heteroatoms. The Hall–Kier alpha value is -3.39. The Bertz CT molecular complexity index is 1050. The number of anilines is 2. The lowest BCUT2D eigenvalue weighted by atomic mass is 10.2. The number of hydrogen-bond donors (Lipinski definition) is 1. The van der Waals surface area contributed by atoms with Crippen LogP contribution in [0.15, 0.2) is 60.1 Å². The second-order valence-corrected chi connectivity index (χ2v) is 8.44. The zero-order valence-corrected chi connectivity index (χ0v) is 18.8. The van der Waals surface area contributed by atoms with Crippen LogP contribution in [0.2, 0.25) is 0 Å². The third-order valence-corrected chi connectivity index (χ3v) is 6.18. The van der Waals surface area contributed by atoms with Crippen molar-refractivity contribution >= 4 is 34.7 Å². The van der Waals surface area contributed by atoms with Crippen LogP contribution in [-0.2, 0) is 11.2 Å². The van der Waals surface area contributed by atoms with E-state index in [9.17, 15) is 9.59 Å². The van der Waals surface area contributed by atoms with E-state index in [1.54, 1.807) is 29.7 Å². The van der Waals surface area contributed by atoms with Gasteiger partial charge in [-0.25, -0.2) is 4.98 Å². The van der Waals surface area contributed by atoms with Crippen molar-refractivity contribution in [2.75, 3.05) is 43.0 Å². The molecule has 0 radical (unpaired) electrons. The molecule has 3 aromatic rings. The summed E-state index contributed by atoms with van der Waals surface area (Å²) in [6.07, 6.45) is 2.13. The van der Waals surface area contributed by atoms with E-state index in [0.717, 1.165) is 23.8 Å². The molecule has 1 aliphatic rings. The van der Waals surface area contributed by atoms with Gasteiger partial charge in [-0.2, -0.15) is 0 Å². The van der Waals surface area contributed by atoms with Crippen LogP contribution in [0, 0.1) is 0 Å². The maximum absolute atomic E-state index is 12.6. The molecule has 166 valence electrons. The quantitative estimate of drug-likeness (QED) is 0.594. The predicted octanol–water partition coefficient (Wildman–Crippen LogP) is 3.69. The molecule has 1 aliphatic heterocycles. The van der Waals surface area contributed by atoms with Crippen molar-refractivity contribution in [2.45, 2.75) is 13.3 Å². The Labute approximate surface area is 191 Å². The smallest absolute Gasteiger partial charge is 0.259 e. The monoisotopic (exact) mass is 450 g/mol. The van der Waals surface area contributed by atoms with Gasteiger partial charge in [0.25, 0.3) is 5.91 Å². The van der Waals surface area contributed by atoms with Crippen LogP contribution in [0.25, 0.3) is 0 Å². The molecule has 7 nitrogen and oxygen atoms in total. The van der Waals surface area contributed by atoms with Gasteiger partial charge in [-0.05, 0) is 42.6 Å². The first kappa shape index (κ1) is 21.8. The summed E-state index contributed by atoms with van der Waals surface area (Å²) >= 11 is 1.61. The van der Waals surface area contributed by atoms with E-state index in [0.29, 0.717) is 43.1 Å². The average molecular weight is 451 g/mol. The maximum Gasteiger partial charge on any atom is 0.259 e. The van der Waals surface area contributed by atoms with Crippen molar-refractivity contribution in [1.82, 2.24) is 9.88 Å². The lowest BCUT2D eigenvalue weighted by Gasteiger charge is -2.35. The molecule has 0 aliphatic carbocycles. The van der Waals surface area contributed by atoms with E-state index in [-0.39, 0.29) is 11.8 Å². The number of nitrogens with zero attached hydrogens (tertiary/aromatic N) is 3. The Morgan fingerprint density at radius 3 is 2.56 bits per heavy atom. The summed E-state index contributed by atoms with van der Waals surface area (Å²) < 4.78 is 5.54. The molecule has 3 heterocycles. The molecule has 1 saturated heterocycles. The highest BCUT2D eigenvalue weighted by Crippen LogP contribution is 2.21. The van der Waals surface area contributed by atoms with Crippen LogP contribution < -0.4 is 15.0 Å². The second kappa shape index (κ2) is 10.3. The zero-order chi connectivity index (χ0) is 22.3. The van der Waals surface area contributed by atoms with E-state index in [4.69, 9.17) is 4.74 Å². The molecule has 32 heavy (non-hydrogen) atoms. The van der Waals surface area contributed by atoms with Crippen molar-refractivity contribution < 1.29 is 14.3 Å². The van der Waals surface area contributed by atoms with Crippen molar-refractivity contribution in [2.24, 2.45) is 0 Å². The molecule has 0 spiro atoms. The van der Waals surface area contributed by atoms with Gasteiger partial charge in [0.05, 0.1) is 30.5 Å². The Kier molecular flexibility index (Phi) is 7.01. The third kappa shape index (κ3) is 5.26. The number of hydrogen-bond acceptors (Lipinski definition) is 6. The topological polar surface area (TPSA) is 74.8 Å². The first-order valence-corrected chi connectivity index (χ1v) is 11.6. The number of piperazine rings is 1. The van der Waals surface area contributed by atoms with Gasteiger partial charge in [0.1, 0.15) is 11.6 Å². The lowest BCUT2D eigenvalue weighted by molar-refractivity contribution is -0.130. The fourth-order valence-electron chi connectivity index (χ4n) is 3.64. The first-order valence-electron chi connectivity index (χ1n) is 10.7. The molecule has 1 N–H and O–H groups in total. The molecular formula is C24H26N4O3S. The van der Waals surface area contributed by atoms with Gasteiger partial charge in [0, 0.05) is 31.1 Å². The van der Waals surface area contributed by atoms with E-state index < -0.39 is 0 Å². The van der Waals surface area contributed by atoms with Crippen LogP contribution in [0.3, 0.4) is 0 Å². The van der Waals surface area contributed by atoms with Crippen LogP contribution in [-0.4, -0.2) is 54.5 Å². The average Bonchev–Trinajstić information content (AvgIpc) is 3.33. The number of carbonyl (C=O) groups excluding carboxylic acids is 2. The minimum Gasteiger partial charge on any atom is -0.493 e. The summed E-state index contributed by atoms with van der Waals surface area (Å²) in [6.45, 7) is 5.20. The largest absolute Gasteiger partial charge is 0.493 e. The Balaban J connectivity index is 1.31. The number of nitrogens with one attached hydrogen (secondary N) is 1. The number of para-hydroxylation sites is 1. The number of rotatable bonds is 7. The molecule has 0 bridgehead atoms. The molecule has 1 aromatic carbocycles. The van der Waals surface area contributed by atoms with E-state index >= 15 is 0 Å². The van der Waals surface area contributed by atoms with Crippen LogP contribution in [0.5, 0.6) is 5.75 Å². The van der Waals surface area contributed by atoms with E-state index in [2.05, 4.69) is 15.2 Å². The highest BCUT2D eigenvalue weighted by molar-refractivity contribution is 7.10. The van der Waals surface area contributed by atoms with Gasteiger partial charge in [0.2, 0.25) is 5.91 Å². The standard InChI is InChI=1S/C24H26N4O3S/c1-2-31-21-8-4-3-7-20(21)24(30)26-18-9-10-22(25-17-18)27-11-13-28(14-12-27)23(29)16-19-6-5-15-32-19/h3-10,15,17H,2,11-14,16H2,1H3,(H,26,30). The normalized spacial score (nSPS) is 13.7. The van der Waals surface area contributed by atoms with E-state index in [1.165, 1.54) is 0 Å². The molecule has 2 amide bonds. The number of ether oxygens (including phenoxy) is 1. The van der Waals surface area contributed by atoms with Gasteiger partial charge < -0.3 is 19.9 Å². The summed E-state index contributed by atoms with van der Waals surface area (Å²) in [5, 5.41) is 4.87. The number of benzene rings is 1. The van der Waals surface area contributed by atoms with Crippen molar-refractivity contribution in [3.63, 3.8) is 0 Å². The predicted molar refractivity (Wildman–Crippen MR) is 127 cm³/mol. The van der Waals surface area contributed by atoms with Crippen molar-refractivity contribution in [1.29, 1.82) is 0 Å². The molecule has 0 saturated carbocycles. The molecule has 0 unspecified atom stereocenters. The fourth-order valence-corrected chi connectivity index (χ4v) is 4.34. The van der Waals surface area contributed by atoms with Gasteiger partial charge in [-0.1, -0.05) is 18.2 Å². The maximum atomic E-state index is 12.6. The molecule has 4 rings (SSSR count). The van der Waals surface area contributed by atoms with Crippen LogP contribution in [0.1, 0.15) is 22.2 Å². The first-order chi connectivity index (χ1) is 15.6. The molecular weight excluding hydrogens is 424 g/mol. The second-order valence-electron chi connectivity index (χ2n) is 7.41. The third-order valence-electron chi connectivity index (χ3n) is 5.30. The zero-order valence-electron chi connectivity index (χ0n) is 18.0. The summed E-state index contributed by atoms with van der Waals surface area (Å²) in [6, 6.07) is 14.9. The Morgan fingerprint density at radius 2 is 1.88 bits per heavy atom. The van der Waals surface area contributed by atoms with Crippen molar-refractivity contribution in [3.8, 4) is 5.75 Å². The van der Waals surface area contributed by atoms with Gasteiger partial charge in [0.15, 0.2) is 0 Å². The number of thiophene rings is 1. The lowest BCUT2D eigenvalue weighted by Crippen LogP contribution is -2.49. The summed E-state index contributed by atoms with van der Waals surface area (Å²) in [5.41, 5.74) is 1.11. The summed E-state index contributed by atoms with van der Waals surface area (Å²) in [5.74, 6) is 1.33. The van der Waals surface area contributed by atoms with Crippen molar-refractivity contribution in [3.05, 3.63) is 70.5 Å². The van der Waals surface area contributed by atoms with Crippen LogP contribution in [0.4, 0.5) is 11.5 Å². The minimum atomic E-state index is -0.235. The fraction of sp³-hybridized carbons (Fsp3) is 0.292. The number of amides is 2. The Morgan fingerprint density at radius 1 is 1.06 bits per heavy atom. The van der Waals surface area contributed by atoms with E-state index in [1.807, 2.05) is 53.6 Å².